The van der Waals surface area contributed by atoms with Crippen molar-refractivity contribution in [3.63, 3.8) is 0 Å². The van der Waals surface area contributed by atoms with Crippen LogP contribution in [0.1, 0.15) is 16.8 Å². The lowest BCUT2D eigenvalue weighted by atomic mass is 9.96. The Balaban J connectivity index is 1.99. The van der Waals surface area contributed by atoms with Crippen LogP contribution in [-0.4, -0.2) is 17.0 Å². The van der Waals surface area contributed by atoms with Gasteiger partial charge in [-0.1, -0.05) is 18.7 Å². The second kappa shape index (κ2) is 7.01. The fourth-order valence-corrected chi connectivity index (χ4v) is 3.27. The lowest BCUT2D eigenvalue weighted by Gasteiger charge is -2.19. The van der Waals surface area contributed by atoms with E-state index in [-0.39, 0.29) is 0 Å². The highest BCUT2D eigenvalue weighted by atomic mass is 15.0. The smallest absolute Gasteiger partial charge is 0.138 e. The third-order valence-electron chi connectivity index (χ3n) is 4.58. The number of allylic oxidation sites excluding steroid dienone is 1. The summed E-state index contributed by atoms with van der Waals surface area (Å²) in [5, 5.41) is 15.6. The Morgan fingerprint density at radius 1 is 1.07 bits per heavy atom. The van der Waals surface area contributed by atoms with Gasteiger partial charge in [-0.15, -0.1) is 0 Å². The van der Waals surface area contributed by atoms with Crippen LogP contribution in [0.25, 0.3) is 28.5 Å². The molecule has 0 unspecified atom stereocenters. The summed E-state index contributed by atoms with van der Waals surface area (Å²) in [5.41, 5.74) is 6.99. The molecule has 28 heavy (non-hydrogen) atoms. The number of benzene rings is 1. The molecule has 0 saturated carbocycles. The van der Waals surface area contributed by atoms with Gasteiger partial charge in [0.2, 0.25) is 0 Å². The second-order valence-electron chi connectivity index (χ2n) is 6.63. The number of fused-ring (bicyclic) bond motifs is 1. The van der Waals surface area contributed by atoms with Crippen molar-refractivity contribution < 1.29 is 0 Å². The van der Waals surface area contributed by atoms with E-state index in [1.165, 1.54) is 0 Å². The van der Waals surface area contributed by atoms with E-state index in [1.54, 1.807) is 6.07 Å². The lowest BCUT2D eigenvalue weighted by Crippen LogP contribution is -2.06. The minimum Gasteiger partial charge on any atom is -0.373 e. The molecule has 0 bridgehead atoms. The molecule has 5 nitrogen and oxygen atoms in total. The van der Waals surface area contributed by atoms with Crippen molar-refractivity contribution in [1.82, 2.24) is 9.97 Å². The first-order chi connectivity index (χ1) is 13.6. The van der Waals surface area contributed by atoms with Crippen LogP contribution in [0.4, 0.5) is 11.6 Å². The third kappa shape index (κ3) is 3.24. The summed E-state index contributed by atoms with van der Waals surface area (Å²) >= 11 is 0. The number of hydrogen-bond acceptors (Lipinski definition) is 5. The fourth-order valence-electron chi connectivity index (χ4n) is 3.27. The molecule has 0 saturated heterocycles. The summed E-state index contributed by atoms with van der Waals surface area (Å²) in [4.78, 5) is 9.39. The van der Waals surface area contributed by atoms with Gasteiger partial charge >= 0.3 is 0 Å². The quantitative estimate of drug-likeness (QED) is 0.684. The number of nitrogens with one attached hydrogen (secondary N) is 2. The molecule has 136 valence electrons. The Morgan fingerprint density at radius 2 is 1.93 bits per heavy atom. The molecule has 4 rings (SSSR count). The summed E-state index contributed by atoms with van der Waals surface area (Å²) in [6.07, 6.45) is 3.94. The van der Waals surface area contributed by atoms with Gasteiger partial charge < -0.3 is 10.6 Å². The van der Waals surface area contributed by atoms with Gasteiger partial charge in [-0.3, -0.25) is 0 Å². The van der Waals surface area contributed by atoms with E-state index in [0.29, 0.717) is 5.56 Å². The first kappa shape index (κ1) is 17.5. The van der Waals surface area contributed by atoms with Crippen molar-refractivity contribution >= 4 is 17.7 Å². The molecule has 1 aliphatic heterocycles. The molecule has 3 aromatic rings. The Bertz CT molecular complexity index is 1170. The van der Waals surface area contributed by atoms with Gasteiger partial charge in [0.25, 0.3) is 0 Å². The van der Waals surface area contributed by atoms with E-state index in [2.05, 4.69) is 34.3 Å². The van der Waals surface area contributed by atoms with E-state index in [9.17, 15) is 5.26 Å². The van der Waals surface area contributed by atoms with Crippen LogP contribution in [0.15, 0.2) is 60.8 Å². The van der Waals surface area contributed by atoms with Crippen molar-refractivity contribution in [2.45, 2.75) is 6.92 Å². The molecule has 0 aliphatic carbocycles. The first-order valence-corrected chi connectivity index (χ1v) is 8.94. The average molecular weight is 365 g/mol. The Labute approximate surface area is 164 Å². The van der Waals surface area contributed by atoms with Gasteiger partial charge in [-0.05, 0) is 55.0 Å². The maximum absolute atomic E-state index is 9.31. The molecular formula is C23H19N5. The molecule has 0 radical (unpaired) electrons. The molecule has 3 heterocycles. The van der Waals surface area contributed by atoms with Crippen LogP contribution in [0.5, 0.6) is 0 Å². The van der Waals surface area contributed by atoms with Gasteiger partial charge in [0.1, 0.15) is 11.6 Å². The van der Waals surface area contributed by atoms with Crippen molar-refractivity contribution in [2.75, 3.05) is 17.7 Å². The van der Waals surface area contributed by atoms with Gasteiger partial charge in [0.05, 0.1) is 17.3 Å². The number of aryl methyl sites for hydroxylation is 1. The summed E-state index contributed by atoms with van der Waals surface area (Å²) in [7, 11) is 1.85. The van der Waals surface area contributed by atoms with Gasteiger partial charge in [0, 0.05) is 35.1 Å². The average Bonchev–Trinajstić information content (AvgIpc) is 2.72. The van der Waals surface area contributed by atoms with E-state index in [4.69, 9.17) is 4.98 Å². The van der Waals surface area contributed by atoms with Crippen LogP contribution in [0.2, 0.25) is 0 Å². The number of nitrogens with zero attached hydrogens (tertiary/aromatic N) is 3. The van der Waals surface area contributed by atoms with Crippen LogP contribution < -0.4 is 10.6 Å². The van der Waals surface area contributed by atoms with Crippen LogP contribution in [0.3, 0.4) is 0 Å². The van der Waals surface area contributed by atoms with Crippen molar-refractivity contribution in [1.29, 1.82) is 5.26 Å². The summed E-state index contributed by atoms with van der Waals surface area (Å²) in [5.74, 6) is 1.56. The SMILES string of the molecule is C=C1C=Cc2cc(-c3cc(C)nc(NC)c3)c(-c3cccc(C#N)c3)nc2N1. The van der Waals surface area contributed by atoms with Gasteiger partial charge in [-0.2, -0.15) is 5.26 Å². The highest BCUT2D eigenvalue weighted by molar-refractivity contribution is 5.87. The summed E-state index contributed by atoms with van der Waals surface area (Å²) in [6, 6.07) is 15.9. The zero-order valence-electron chi connectivity index (χ0n) is 15.7. The van der Waals surface area contributed by atoms with Gasteiger partial charge in [0.15, 0.2) is 0 Å². The third-order valence-corrected chi connectivity index (χ3v) is 4.58. The zero-order chi connectivity index (χ0) is 19.7. The normalized spacial score (nSPS) is 12.1. The van der Waals surface area contributed by atoms with E-state index in [1.807, 2.05) is 56.5 Å². The maximum Gasteiger partial charge on any atom is 0.138 e. The molecular weight excluding hydrogens is 346 g/mol. The number of nitriles is 1. The van der Waals surface area contributed by atoms with Crippen LogP contribution >= 0.6 is 0 Å². The van der Waals surface area contributed by atoms with Gasteiger partial charge in [-0.25, -0.2) is 9.97 Å². The molecule has 0 atom stereocenters. The van der Waals surface area contributed by atoms with E-state index in [0.717, 1.165) is 51.0 Å². The number of hydrogen-bond donors (Lipinski definition) is 2. The molecule has 2 aromatic heterocycles. The molecule has 0 fully saturated rings. The minimum absolute atomic E-state index is 0.599. The van der Waals surface area contributed by atoms with Crippen molar-refractivity contribution in [3.8, 4) is 28.5 Å². The highest BCUT2D eigenvalue weighted by Crippen LogP contribution is 2.37. The molecule has 0 amide bonds. The number of aromatic nitrogens is 2. The summed E-state index contributed by atoms with van der Waals surface area (Å²) in [6.45, 7) is 5.93. The molecule has 0 spiro atoms. The van der Waals surface area contributed by atoms with Crippen LogP contribution in [-0.2, 0) is 0 Å². The van der Waals surface area contributed by atoms with Crippen molar-refractivity contribution in [3.05, 3.63) is 77.6 Å². The summed E-state index contributed by atoms with van der Waals surface area (Å²) < 4.78 is 0. The fraction of sp³-hybridized carbons (Fsp3) is 0.0870. The largest absolute Gasteiger partial charge is 0.373 e. The monoisotopic (exact) mass is 365 g/mol. The topological polar surface area (TPSA) is 73.6 Å². The number of anilines is 2. The number of rotatable bonds is 3. The number of pyridine rings is 2. The molecule has 1 aromatic carbocycles. The second-order valence-corrected chi connectivity index (χ2v) is 6.63. The molecule has 1 aliphatic rings. The first-order valence-electron chi connectivity index (χ1n) is 8.94. The maximum atomic E-state index is 9.31. The van der Waals surface area contributed by atoms with Crippen molar-refractivity contribution in [2.24, 2.45) is 0 Å². The lowest BCUT2D eigenvalue weighted by molar-refractivity contribution is 1.19. The minimum atomic E-state index is 0.599. The predicted octanol–water partition coefficient (Wildman–Crippen LogP) is 4.98. The molecule has 2 N–H and O–H groups in total. The Kier molecular flexibility index (Phi) is 4.38. The standard InChI is InChI=1S/C23H19N5/c1-14-7-8-18-11-20(19-9-15(2)26-21(12-19)25-3)22(28-23(18)27-14)17-6-4-5-16(10-17)13-24/h4-12H,1H2,2-3H3,(H,25,26)(H,27,28). The van der Waals surface area contributed by atoms with Crippen LogP contribution in [0, 0.1) is 18.3 Å². The zero-order valence-corrected chi connectivity index (χ0v) is 15.7. The Morgan fingerprint density at radius 3 is 2.71 bits per heavy atom. The predicted molar refractivity (Wildman–Crippen MR) is 114 cm³/mol. The Hall–Kier alpha value is -3.91. The highest BCUT2D eigenvalue weighted by Gasteiger charge is 2.17. The van der Waals surface area contributed by atoms with E-state index < -0.39 is 0 Å². The van der Waals surface area contributed by atoms with E-state index >= 15 is 0 Å². The molecule has 5 heteroatoms.